The smallest absolute Gasteiger partial charge is 0.251 e. The van der Waals surface area contributed by atoms with Crippen LogP contribution in [0.4, 0.5) is 0 Å². The van der Waals surface area contributed by atoms with Gasteiger partial charge in [0, 0.05) is 29.0 Å². The van der Waals surface area contributed by atoms with E-state index in [1.54, 1.807) is 11.5 Å². The number of hydrogen-bond acceptors (Lipinski definition) is 4. The second-order valence-electron chi connectivity index (χ2n) is 6.82. The van der Waals surface area contributed by atoms with Gasteiger partial charge in [-0.1, -0.05) is 25.1 Å². The number of Topliss-reactive ketones (excluding diaryl/α,β-unsaturated/α-hetero) is 1. The zero-order chi connectivity index (χ0) is 17.3. The standard InChI is InChI=1S/C20H16N2O3/c1-2-20(25)15(23)8-12-9-16(24)22-10-13-7-11-5-3-4-6-14(11)21-18(13)19(22)17(12)20/h3-7,9,25H,2,8,10H2,1H3. The van der Waals surface area contributed by atoms with Crippen molar-refractivity contribution in [3.63, 3.8) is 0 Å². The lowest BCUT2D eigenvalue weighted by molar-refractivity contribution is -0.135. The van der Waals surface area contributed by atoms with Crippen LogP contribution < -0.4 is 5.56 Å². The van der Waals surface area contributed by atoms with Crippen molar-refractivity contribution in [3.8, 4) is 11.4 Å². The Labute approximate surface area is 143 Å². The Morgan fingerprint density at radius 3 is 2.80 bits per heavy atom. The Morgan fingerprint density at radius 2 is 2.00 bits per heavy atom. The number of carbonyl (C=O) groups is 1. The quantitative estimate of drug-likeness (QED) is 0.580. The van der Waals surface area contributed by atoms with Gasteiger partial charge in [-0.15, -0.1) is 0 Å². The summed E-state index contributed by atoms with van der Waals surface area (Å²) in [5.41, 5.74) is 2.62. The minimum absolute atomic E-state index is 0.103. The number of carbonyl (C=O) groups excluding carboxylic acids is 1. The number of rotatable bonds is 1. The molecule has 5 heteroatoms. The first-order valence-corrected chi connectivity index (χ1v) is 8.45. The lowest BCUT2D eigenvalue weighted by Gasteiger charge is -2.23. The molecule has 3 aromatic rings. The molecular formula is C20H16N2O3. The number of nitrogens with zero attached hydrogens (tertiary/aromatic N) is 2. The predicted octanol–water partition coefficient (Wildman–Crippen LogP) is 2.15. The second kappa shape index (κ2) is 4.64. The van der Waals surface area contributed by atoms with Crippen LogP contribution in [0.25, 0.3) is 22.3 Å². The number of benzene rings is 1. The summed E-state index contributed by atoms with van der Waals surface area (Å²) in [6.45, 7) is 2.21. The molecule has 2 aromatic heterocycles. The molecule has 2 aliphatic rings. The lowest BCUT2D eigenvalue weighted by Crippen LogP contribution is -2.32. The average Bonchev–Trinajstić information content (AvgIpc) is 3.09. The third-order valence-electron chi connectivity index (χ3n) is 5.48. The van der Waals surface area contributed by atoms with Crippen molar-refractivity contribution < 1.29 is 9.90 Å². The SMILES string of the molecule is CCC1(O)C(=O)Cc2cc(=O)n3c(c21)-c1nc2ccccc2cc1C3. The molecule has 0 saturated carbocycles. The molecule has 1 aliphatic carbocycles. The monoisotopic (exact) mass is 332 g/mol. The highest BCUT2D eigenvalue weighted by atomic mass is 16.3. The Kier molecular flexibility index (Phi) is 2.70. The zero-order valence-electron chi connectivity index (χ0n) is 13.7. The maximum atomic E-state index is 12.6. The number of aromatic nitrogens is 2. The van der Waals surface area contributed by atoms with Crippen LogP contribution in [0, 0.1) is 0 Å². The van der Waals surface area contributed by atoms with Gasteiger partial charge in [0.15, 0.2) is 5.78 Å². The van der Waals surface area contributed by atoms with E-state index in [1.807, 2.05) is 30.3 Å². The van der Waals surface area contributed by atoms with Crippen LogP contribution in [-0.2, 0) is 23.4 Å². The van der Waals surface area contributed by atoms with E-state index >= 15 is 0 Å². The summed E-state index contributed by atoms with van der Waals surface area (Å²) in [6, 6.07) is 11.3. The van der Waals surface area contributed by atoms with Gasteiger partial charge >= 0.3 is 0 Å². The second-order valence-corrected chi connectivity index (χ2v) is 6.82. The highest BCUT2D eigenvalue weighted by molar-refractivity contribution is 5.98. The first-order valence-electron chi connectivity index (χ1n) is 8.45. The molecule has 3 heterocycles. The van der Waals surface area contributed by atoms with Crippen LogP contribution in [0.5, 0.6) is 0 Å². The molecule has 1 N–H and O–H groups in total. The van der Waals surface area contributed by atoms with Crippen LogP contribution in [0.3, 0.4) is 0 Å². The largest absolute Gasteiger partial charge is 0.377 e. The van der Waals surface area contributed by atoms with E-state index in [2.05, 4.69) is 0 Å². The van der Waals surface area contributed by atoms with Crippen molar-refractivity contribution in [2.45, 2.75) is 31.9 Å². The van der Waals surface area contributed by atoms with E-state index < -0.39 is 5.60 Å². The third-order valence-corrected chi connectivity index (χ3v) is 5.48. The van der Waals surface area contributed by atoms with Crippen LogP contribution in [-0.4, -0.2) is 20.4 Å². The third kappa shape index (κ3) is 1.73. The fourth-order valence-electron chi connectivity index (χ4n) is 4.19. The molecule has 0 saturated heterocycles. The Bertz CT molecular complexity index is 1150. The van der Waals surface area contributed by atoms with E-state index in [4.69, 9.17) is 4.98 Å². The van der Waals surface area contributed by atoms with Crippen molar-refractivity contribution >= 4 is 16.7 Å². The summed E-state index contributed by atoms with van der Waals surface area (Å²) in [7, 11) is 0. The summed E-state index contributed by atoms with van der Waals surface area (Å²) in [5.74, 6) is -0.243. The molecule has 0 bridgehead atoms. The fraction of sp³-hybridized carbons (Fsp3) is 0.250. The molecule has 1 aliphatic heterocycles. The molecular weight excluding hydrogens is 316 g/mol. The van der Waals surface area contributed by atoms with Gasteiger partial charge in [0.1, 0.15) is 5.60 Å². The number of aliphatic hydroxyl groups is 1. The predicted molar refractivity (Wildman–Crippen MR) is 93.4 cm³/mol. The van der Waals surface area contributed by atoms with Crippen molar-refractivity contribution in [1.82, 2.24) is 9.55 Å². The summed E-state index contributed by atoms with van der Waals surface area (Å²) in [4.78, 5) is 29.8. The van der Waals surface area contributed by atoms with Crippen molar-refractivity contribution in [1.29, 1.82) is 0 Å². The van der Waals surface area contributed by atoms with E-state index in [0.717, 1.165) is 16.5 Å². The Morgan fingerprint density at radius 1 is 1.20 bits per heavy atom. The van der Waals surface area contributed by atoms with Gasteiger partial charge in [-0.2, -0.15) is 0 Å². The van der Waals surface area contributed by atoms with E-state index in [0.29, 0.717) is 29.1 Å². The van der Waals surface area contributed by atoms with Gasteiger partial charge in [0.25, 0.3) is 5.56 Å². The number of pyridine rings is 2. The first kappa shape index (κ1) is 14.5. The number of hydrogen-bond donors (Lipinski definition) is 1. The van der Waals surface area contributed by atoms with Gasteiger partial charge in [-0.05, 0) is 24.1 Å². The highest BCUT2D eigenvalue weighted by Crippen LogP contribution is 2.44. The maximum Gasteiger partial charge on any atom is 0.251 e. The van der Waals surface area contributed by atoms with Gasteiger partial charge in [0.05, 0.1) is 23.4 Å². The lowest BCUT2D eigenvalue weighted by atomic mass is 9.90. The summed E-state index contributed by atoms with van der Waals surface area (Å²) in [5, 5.41) is 12.0. The van der Waals surface area contributed by atoms with Crippen LogP contribution >= 0.6 is 0 Å². The van der Waals surface area contributed by atoms with Crippen molar-refractivity contribution in [3.05, 3.63) is 63.4 Å². The molecule has 0 spiro atoms. The maximum absolute atomic E-state index is 12.6. The molecule has 25 heavy (non-hydrogen) atoms. The summed E-state index contributed by atoms with van der Waals surface area (Å²) >= 11 is 0. The average molecular weight is 332 g/mol. The van der Waals surface area contributed by atoms with Crippen molar-refractivity contribution in [2.75, 3.05) is 0 Å². The molecule has 1 unspecified atom stereocenters. The molecule has 0 fully saturated rings. The number of para-hydroxylation sites is 1. The molecule has 1 atom stereocenters. The zero-order valence-corrected chi connectivity index (χ0v) is 13.7. The van der Waals surface area contributed by atoms with E-state index in [1.165, 1.54) is 6.07 Å². The van der Waals surface area contributed by atoms with Gasteiger partial charge in [-0.3, -0.25) is 9.59 Å². The minimum atomic E-state index is -1.53. The fourth-order valence-corrected chi connectivity index (χ4v) is 4.19. The van der Waals surface area contributed by atoms with Crippen molar-refractivity contribution in [2.24, 2.45) is 0 Å². The normalized spacial score (nSPS) is 20.6. The van der Waals surface area contributed by atoms with Crippen LogP contribution in [0.1, 0.15) is 30.0 Å². The topological polar surface area (TPSA) is 72.2 Å². The Hall–Kier alpha value is -2.79. The number of fused-ring (bicyclic) bond motifs is 6. The van der Waals surface area contributed by atoms with Gasteiger partial charge in [0.2, 0.25) is 0 Å². The van der Waals surface area contributed by atoms with Crippen LogP contribution in [0.2, 0.25) is 0 Å². The van der Waals surface area contributed by atoms with E-state index in [-0.39, 0.29) is 24.2 Å². The van der Waals surface area contributed by atoms with Gasteiger partial charge < -0.3 is 9.67 Å². The summed E-state index contributed by atoms with van der Waals surface area (Å²) in [6.07, 6.45) is 0.388. The van der Waals surface area contributed by atoms with Crippen LogP contribution in [0.15, 0.2) is 41.2 Å². The van der Waals surface area contributed by atoms with E-state index in [9.17, 15) is 14.7 Å². The van der Waals surface area contributed by atoms with Gasteiger partial charge in [-0.25, -0.2) is 4.98 Å². The molecule has 124 valence electrons. The molecule has 0 radical (unpaired) electrons. The first-order chi connectivity index (χ1) is 12.0. The highest BCUT2D eigenvalue weighted by Gasteiger charge is 2.47. The molecule has 0 amide bonds. The Balaban J connectivity index is 1.90. The summed E-state index contributed by atoms with van der Waals surface area (Å²) < 4.78 is 1.63. The number of ketones is 1. The minimum Gasteiger partial charge on any atom is -0.377 e. The molecule has 5 nitrogen and oxygen atoms in total. The molecule has 5 rings (SSSR count). The molecule has 1 aromatic carbocycles.